The second-order valence-electron chi connectivity index (χ2n) is 5.42. The van der Waals surface area contributed by atoms with Gasteiger partial charge in [0.05, 0.1) is 0 Å². The molecule has 0 fully saturated rings. The van der Waals surface area contributed by atoms with E-state index in [9.17, 15) is 4.39 Å². The van der Waals surface area contributed by atoms with Gasteiger partial charge in [0.15, 0.2) is 0 Å². The van der Waals surface area contributed by atoms with E-state index in [-0.39, 0.29) is 5.82 Å². The van der Waals surface area contributed by atoms with Crippen molar-refractivity contribution in [2.75, 3.05) is 5.73 Å². The summed E-state index contributed by atoms with van der Waals surface area (Å²) in [6.07, 6.45) is 1.99. The van der Waals surface area contributed by atoms with Gasteiger partial charge in [-0.05, 0) is 46.7 Å². The van der Waals surface area contributed by atoms with Gasteiger partial charge < -0.3 is 11.1 Å². The van der Waals surface area contributed by atoms with Crippen molar-refractivity contribution >= 4 is 11.9 Å². The Hall–Kier alpha value is -2.94. The molecule has 0 aromatic heterocycles. The lowest BCUT2D eigenvalue weighted by Crippen LogP contribution is -1.89. The number of hydrogen-bond acceptors (Lipinski definition) is 2. The molecule has 3 N–H and O–H groups in total. The summed E-state index contributed by atoms with van der Waals surface area (Å²) in [6.45, 7) is 0. The molecule has 0 aliphatic heterocycles. The minimum Gasteiger partial charge on any atom is -0.399 e. The van der Waals surface area contributed by atoms with E-state index in [0.29, 0.717) is 17.7 Å². The maximum Gasteiger partial charge on any atom is 0.131 e. The van der Waals surface area contributed by atoms with Crippen LogP contribution >= 0.6 is 0 Å². The van der Waals surface area contributed by atoms with Crippen molar-refractivity contribution in [3.05, 3.63) is 78.1 Å². The zero-order valence-corrected chi connectivity index (χ0v) is 12.6. The van der Waals surface area contributed by atoms with Crippen LogP contribution in [0.5, 0.6) is 0 Å². The summed E-state index contributed by atoms with van der Waals surface area (Å²) in [5, 5.41) is 7.12. The number of nitrogens with two attached hydrogens (primary N) is 1. The van der Waals surface area contributed by atoms with E-state index in [1.807, 2.05) is 42.5 Å². The molecule has 0 aliphatic carbocycles. The molecule has 0 radical (unpaired) electrons. The molecule has 3 aromatic carbocycles. The van der Waals surface area contributed by atoms with E-state index < -0.39 is 0 Å². The van der Waals surface area contributed by atoms with Crippen LogP contribution < -0.4 is 5.73 Å². The number of nitrogens with one attached hydrogen (secondary N) is 1. The number of halogens is 1. The largest absolute Gasteiger partial charge is 0.399 e. The number of nitrogen functional groups attached to an aromatic ring is 1. The van der Waals surface area contributed by atoms with E-state index in [4.69, 9.17) is 11.1 Å². The Kier molecular flexibility index (Phi) is 4.20. The summed E-state index contributed by atoms with van der Waals surface area (Å²) in [4.78, 5) is 0. The molecule has 0 bridgehead atoms. The Morgan fingerprint density at radius 1 is 0.826 bits per heavy atom. The molecule has 2 nitrogen and oxygen atoms in total. The quantitative estimate of drug-likeness (QED) is 0.521. The molecule has 0 spiro atoms. The van der Waals surface area contributed by atoms with E-state index in [0.717, 1.165) is 22.3 Å². The standard InChI is InChI=1S/C20H17FN2/c21-20-13-17(15-3-1-14(2-4-15)11-12-22)7-10-19(20)16-5-8-18(23)9-6-16/h1-10,12-13,22H,11,23H2. The Balaban J connectivity index is 1.92. The monoisotopic (exact) mass is 304 g/mol. The van der Waals surface area contributed by atoms with Crippen LogP contribution in [-0.2, 0) is 6.42 Å². The van der Waals surface area contributed by atoms with Crippen molar-refractivity contribution in [2.24, 2.45) is 0 Å². The van der Waals surface area contributed by atoms with Crippen LogP contribution in [0.3, 0.4) is 0 Å². The fourth-order valence-electron chi connectivity index (χ4n) is 2.54. The summed E-state index contributed by atoms with van der Waals surface area (Å²) < 4.78 is 14.5. The fourth-order valence-corrected chi connectivity index (χ4v) is 2.54. The van der Waals surface area contributed by atoms with Gasteiger partial charge in [-0.2, -0.15) is 0 Å². The predicted octanol–water partition coefficient (Wildman–Crippen LogP) is 4.93. The Morgan fingerprint density at radius 2 is 1.43 bits per heavy atom. The highest BCUT2D eigenvalue weighted by Crippen LogP contribution is 2.28. The van der Waals surface area contributed by atoms with Gasteiger partial charge in [-0.15, -0.1) is 0 Å². The molecule has 0 heterocycles. The van der Waals surface area contributed by atoms with Crippen LogP contribution in [0.1, 0.15) is 5.56 Å². The van der Waals surface area contributed by atoms with E-state index >= 15 is 0 Å². The average Bonchev–Trinajstić information content (AvgIpc) is 2.57. The Labute approximate surface area is 134 Å². The molecule has 0 saturated heterocycles. The van der Waals surface area contributed by atoms with Gasteiger partial charge in [-0.3, -0.25) is 0 Å². The van der Waals surface area contributed by atoms with Gasteiger partial charge in [0.2, 0.25) is 0 Å². The number of hydrogen-bond donors (Lipinski definition) is 2. The maximum absolute atomic E-state index is 14.5. The van der Waals surface area contributed by atoms with Gasteiger partial charge in [0.1, 0.15) is 5.82 Å². The summed E-state index contributed by atoms with van der Waals surface area (Å²) in [7, 11) is 0. The number of rotatable bonds is 4. The minimum atomic E-state index is -0.254. The van der Waals surface area contributed by atoms with Gasteiger partial charge in [0, 0.05) is 17.7 Å². The van der Waals surface area contributed by atoms with Crippen LogP contribution in [0, 0.1) is 11.2 Å². The first-order valence-electron chi connectivity index (χ1n) is 7.41. The van der Waals surface area contributed by atoms with Crippen LogP contribution in [0.4, 0.5) is 10.1 Å². The van der Waals surface area contributed by atoms with Gasteiger partial charge >= 0.3 is 0 Å². The summed E-state index contributed by atoms with van der Waals surface area (Å²) in [5.41, 5.74) is 10.6. The van der Waals surface area contributed by atoms with Gasteiger partial charge in [0.25, 0.3) is 0 Å². The first-order valence-corrected chi connectivity index (χ1v) is 7.41. The highest BCUT2D eigenvalue weighted by atomic mass is 19.1. The molecule has 3 rings (SSSR count). The van der Waals surface area contributed by atoms with Crippen molar-refractivity contribution in [1.29, 1.82) is 5.41 Å². The Morgan fingerprint density at radius 3 is 2.04 bits per heavy atom. The van der Waals surface area contributed by atoms with Crippen LogP contribution in [0.2, 0.25) is 0 Å². The molecule has 23 heavy (non-hydrogen) atoms. The third kappa shape index (κ3) is 3.29. The highest BCUT2D eigenvalue weighted by Gasteiger charge is 2.07. The van der Waals surface area contributed by atoms with Crippen molar-refractivity contribution in [3.8, 4) is 22.3 Å². The molecule has 0 aliphatic rings. The second kappa shape index (κ2) is 6.44. The molecule has 3 heteroatoms. The zero-order valence-electron chi connectivity index (χ0n) is 12.6. The smallest absolute Gasteiger partial charge is 0.131 e. The first-order chi connectivity index (χ1) is 11.2. The summed E-state index contributed by atoms with van der Waals surface area (Å²) in [5.74, 6) is -0.254. The van der Waals surface area contributed by atoms with E-state index in [1.165, 1.54) is 6.21 Å². The molecule has 0 atom stereocenters. The van der Waals surface area contributed by atoms with Crippen molar-refractivity contribution in [3.63, 3.8) is 0 Å². The third-order valence-electron chi connectivity index (χ3n) is 3.82. The lowest BCUT2D eigenvalue weighted by atomic mass is 9.98. The first kappa shape index (κ1) is 15.0. The SMILES string of the molecule is N=CCc1ccc(-c2ccc(-c3ccc(N)cc3)c(F)c2)cc1. The summed E-state index contributed by atoms with van der Waals surface area (Å²) in [6, 6.07) is 20.3. The molecule has 114 valence electrons. The fraction of sp³-hybridized carbons (Fsp3) is 0.0500. The number of anilines is 1. The summed E-state index contributed by atoms with van der Waals surface area (Å²) >= 11 is 0. The normalized spacial score (nSPS) is 10.5. The average molecular weight is 304 g/mol. The molecular weight excluding hydrogens is 287 g/mol. The van der Waals surface area contributed by atoms with Gasteiger partial charge in [-0.1, -0.05) is 48.5 Å². The molecule has 0 unspecified atom stereocenters. The van der Waals surface area contributed by atoms with Crippen LogP contribution in [0.15, 0.2) is 66.7 Å². The molecule has 3 aromatic rings. The van der Waals surface area contributed by atoms with Crippen molar-refractivity contribution in [1.82, 2.24) is 0 Å². The van der Waals surface area contributed by atoms with Gasteiger partial charge in [-0.25, -0.2) is 4.39 Å². The third-order valence-corrected chi connectivity index (χ3v) is 3.82. The zero-order chi connectivity index (χ0) is 16.2. The number of benzene rings is 3. The minimum absolute atomic E-state index is 0.254. The molecule has 0 saturated carbocycles. The van der Waals surface area contributed by atoms with Crippen molar-refractivity contribution in [2.45, 2.75) is 6.42 Å². The van der Waals surface area contributed by atoms with E-state index in [1.54, 1.807) is 24.3 Å². The van der Waals surface area contributed by atoms with Crippen molar-refractivity contribution < 1.29 is 4.39 Å². The maximum atomic E-state index is 14.5. The Bertz CT molecular complexity index is 821. The molecule has 0 amide bonds. The van der Waals surface area contributed by atoms with Crippen LogP contribution in [-0.4, -0.2) is 6.21 Å². The van der Waals surface area contributed by atoms with E-state index in [2.05, 4.69) is 0 Å². The predicted molar refractivity (Wildman–Crippen MR) is 94.2 cm³/mol. The lowest BCUT2D eigenvalue weighted by Gasteiger charge is -2.08. The lowest BCUT2D eigenvalue weighted by molar-refractivity contribution is 0.632. The second-order valence-corrected chi connectivity index (χ2v) is 5.42. The van der Waals surface area contributed by atoms with Crippen LogP contribution in [0.25, 0.3) is 22.3 Å². The molecular formula is C20H17FN2. The topological polar surface area (TPSA) is 49.9 Å². The highest BCUT2D eigenvalue weighted by molar-refractivity contribution is 5.72.